The quantitative estimate of drug-likeness (QED) is 0.377. The van der Waals surface area contributed by atoms with Crippen LogP contribution in [0.4, 0.5) is 11.4 Å². The van der Waals surface area contributed by atoms with E-state index in [0.29, 0.717) is 11.7 Å². The number of nitrogens with zero attached hydrogens (tertiary/aromatic N) is 2. The number of hydrogen-bond donors (Lipinski definition) is 2. The van der Waals surface area contributed by atoms with Crippen molar-refractivity contribution >= 4 is 11.4 Å². The molecule has 0 saturated heterocycles. The average molecular weight is 292 g/mol. The van der Waals surface area contributed by atoms with Crippen LogP contribution in [0.1, 0.15) is 44.1 Å². The minimum Gasteiger partial charge on any atom is -0.318 e. The molecule has 0 atom stereocenters. The summed E-state index contributed by atoms with van der Waals surface area (Å²) in [6.07, 6.45) is 7.75. The largest absolute Gasteiger partial charge is 0.318 e. The van der Waals surface area contributed by atoms with E-state index >= 15 is 0 Å². The number of hydrazine groups is 1. The first kappa shape index (κ1) is 15.7. The predicted molar refractivity (Wildman–Crippen MR) is 83.9 cm³/mol. The molecule has 1 saturated carbocycles. The molecule has 0 heterocycles. The van der Waals surface area contributed by atoms with Gasteiger partial charge >= 0.3 is 0 Å². The number of nitrogen functional groups attached to an aromatic ring is 1. The van der Waals surface area contributed by atoms with Gasteiger partial charge in [0, 0.05) is 18.7 Å². The van der Waals surface area contributed by atoms with Crippen molar-refractivity contribution in [1.82, 2.24) is 4.90 Å². The van der Waals surface area contributed by atoms with Crippen LogP contribution in [0, 0.1) is 10.1 Å². The third kappa shape index (κ3) is 4.15. The first-order valence-corrected chi connectivity index (χ1v) is 7.56. The molecule has 1 aromatic carbocycles. The first-order valence-electron chi connectivity index (χ1n) is 7.56. The lowest BCUT2D eigenvalue weighted by Gasteiger charge is -2.27. The molecule has 0 unspecified atom stereocenters. The highest BCUT2D eigenvalue weighted by Gasteiger charge is 2.18. The number of nitrogens with two attached hydrogens (primary N) is 1. The van der Waals surface area contributed by atoms with E-state index in [4.69, 9.17) is 5.84 Å². The number of nitro benzene ring substituents is 1. The summed E-state index contributed by atoms with van der Waals surface area (Å²) in [5, 5.41) is 10.9. The topological polar surface area (TPSA) is 84.4 Å². The predicted octanol–water partition coefficient (Wildman–Crippen LogP) is 3.04. The van der Waals surface area contributed by atoms with Crippen LogP contribution < -0.4 is 11.3 Å². The number of benzene rings is 1. The molecular formula is C15H24N4O2. The lowest BCUT2D eigenvalue weighted by molar-refractivity contribution is -0.384. The van der Waals surface area contributed by atoms with Gasteiger partial charge in [0.15, 0.2) is 0 Å². The fourth-order valence-corrected chi connectivity index (χ4v) is 3.07. The normalized spacial score (nSPS) is 16.7. The highest BCUT2D eigenvalue weighted by Crippen LogP contribution is 2.26. The molecule has 116 valence electrons. The molecule has 0 amide bonds. The van der Waals surface area contributed by atoms with Gasteiger partial charge in [-0.1, -0.05) is 31.7 Å². The van der Waals surface area contributed by atoms with Crippen molar-refractivity contribution in [2.45, 2.75) is 51.1 Å². The highest BCUT2D eigenvalue weighted by molar-refractivity contribution is 5.62. The van der Waals surface area contributed by atoms with Crippen LogP contribution in [0.25, 0.3) is 0 Å². The van der Waals surface area contributed by atoms with Crippen LogP contribution in [0.2, 0.25) is 0 Å². The smallest absolute Gasteiger partial charge is 0.293 e. The Morgan fingerprint density at radius 1 is 1.33 bits per heavy atom. The second-order valence-corrected chi connectivity index (χ2v) is 5.81. The average Bonchev–Trinajstić information content (AvgIpc) is 2.75. The minimum atomic E-state index is -0.423. The molecule has 0 bridgehead atoms. The van der Waals surface area contributed by atoms with Crippen LogP contribution in [-0.2, 0) is 6.54 Å². The number of hydrogen-bond acceptors (Lipinski definition) is 5. The molecular weight excluding hydrogens is 268 g/mol. The number of anilines is 1. The minimum absolute atomic E-state index is 0.0124. The number of rotatable bonds is 5. The standard InChI is InChI=1S/C15H24N4O2/c1-18(13-6-4-2-3-5-7-13)11-12-8-9-15(19(20)21)14(10-12)17-16/h8-10,13,17H,2-7,11,16H2,1H3. The van der Waals surface area contributed by atoms with Gasteiger partial charge in [0.05, 0.1) is 4.92 Å². The van der Waals surface area contributed by atoms with Gasteiger partial charge in [0.2, 0.25) is 0 Å². The van der Waals surface area contributed by atoms with Gasteiger partial charge in [-0.05, 0) is 31.5 Å². The maximum Gasteiger partial charge on any atom is 0.293 e. The van der Waals surface area contributed by atoms with Crippen LogP contribution in [0.15, 0.2) is 18.2 Å². The molecule has 0 spiro atoms. The molecule has 3 N–H and O–H groups in total. The monoisotopic (exact) mass is 292 g/mol. The molecule has 1 aliphatic rings. The molecule has 6 heteroatoms. The second-order valence-electron chi connectivity index (χ2n) is 5.81. The van der Waals surface area contributed by atoms with E-state index in [2.05, 4.69) is 17.4 Å². The summed E-state index contributed by atoms with van der Waals surface area (Å²) >= 11 is 0. The van der Waals surface area contributed by atoms with Gasteiger partial charge in [-0.25, -0.2) is 0 Å². The van der Waals surface area contributed by atoms with Crippen LogP contribution >= 0.6 is 0 Å². The molecule has 2 rings (SSSR count). The van der Waals surface area contributed by atoms with E-state index in [-0.39, 0.29) is 5.69 Å². The maximum absolute atomic E-state index is 10.9. The molecule has 1 fully saturated rings. The van der Waals surface area contributed by atoms with Crippen molar-refractivity contribution in [3.63, 3.8) is 0 Å². The first-order chi connectivity index (χ1) is 10.1. The Kier molecular flexibility index (Phi) is 5.52. The van der Waals surface area contributed by atoms with E-state index in [0.717, 1.165) is 12.1 Å². The van der Waals surface area contributed by atoms with Gasteiger partial charge < -0.3 is 5.43 Å². The lowest BCUT2D eigenvalue weighted by atomic mass is 10.1. The van der Waals surface area contributed by atoms with E-state index < -0.39 is 4.92 Å². The van der Waals surface area contributed by atoms with Crippen molar-refractivity contribution in [2.75, 3.05) is 12.5 Å². The van der Waals surface area contributed by atoms with Crippen LogP contribution in [0.3, 0.4) is 0 Å². The van der Waals surface area contributed by atoms with E-state index in [1.165, 1.54) is 44.6 Å². The Bertz CT molecular complexity index is 485. The van der Waals surface area contributed by atoms with E-state index in [1.807, 2.05) is 6.07 Å². The summed E-state index contributed by atoms with van der Waals surface area (Å²) in [5.74, 6) is 5.38. The molecule has 6 nitrogen and oxygen atoms in total. The van der Waals surface area contributed by atoms with Crippen molar-refractivity contribution in [3.05, 3.63) is 33.9 Å². The Hall–Kier alpha value is -1.66. The lowest BCUT2D eigenvalue weighted by Crippen LogP contribution is -2.30. The summed E-state index contributed by atoms with van der Waals surface area (Å²) < 4.78 is 0. The third-order valence-corrected chi connectivity index (χ3v) is 4.29. The zero-order valence-electron chi connectivity index (χ0n) is 12.5. The summed E-state index contributed by atoms with van der Waals surface area (Å²) in [6.45, 7) is 0.789. The summed E-state index contributed by atoms with van der Waals surface area (Å²) in [5.41, 5.74) is 3.84. The molecule has 21 heavy (non-hydrogen) atoms. The van der Waals surface area contributed by atoms with Gasteiger partial charge in [0.25, 0.3) is 5.69 Å². The summed E-state index contributed by atoms with van der Waals surface area (Å²) in [7, 11) is 2.13. The molecule has 0 radical (unpaired) electrons. The zero-order chi connectivity index (χ0) is 15.2. The Balaban J connectivity index is 2.06. The fourth-order valence-electron chi connectivity index (χ4n) is 3.07. The molecule has 0 aromatic heterocycles. The van der Waals surface area contributed by atoms with Crippen molar-refractivity contribution in [1.29, 1.82) is 0 Å². The Labute approximate surface area is 125 Å². The van der Waals surface area contributed by atoms with Gasteiger partial charge in [0.1, 0.15) is 5.69 Å². The maximum atomic E-state index is 10.9. The van der Waals surface area contributed by atoms with E-state index in [9.17, 15) is 10.1 Å². The number of nitro groups is 1. The molecule has 1 aliphatic carbocycles. The summed E-state index contributed by atoms with van der Waals surface area (Å²) in [6, 6.07) is 5.71. The number of nitrogens with one attached hydrogen (secondary N) is 1. The van der Waals surface area contributed by atoms with Crippen molar-refractivity contribution in [2.24, 2.45) is 5.84 Å². The summed E-state index contributed by atoms with van der Waals surface area (Å²) in [4.78, 5) is 12.8. The third-order valence-electron chi connectivity index (χ3n) is 4.29. The van der Waals surface area contributed by atoms with Crippen LogP contribution in [0.5, 0.6) is 0 Å². The van der Waals surface area contributed by atoms with Gasteiger partial charge in [-0.15, -0.1) is 0 Å². The highest BCUT2D eigenvalue weighted by atomic mass is 16.6. The van der Waals surface area contributed by atoms with E-state index in [1.54, 1.807) is 6.07 Å². The van der Waals surface area contributed by atoms with Crippen molar-refractivity contribution < 1.29 is 4.92 Å². The van der Waals surface area contributed by atoms with Crippen LogP contribution in [-0.4, -0.2) is 22.9 Å². The fraction of sp³-hybridized carbons (Fsp3) is 0.600. The van der Waals surface area contributed by atoms with Gasteiger partial charge in [-0.3, -0.25) is 20.9 Å². The van der Waals surface area contributed by atoms with Crippen molar-refractivity contribution in [3.8, 4) is 0 Å². The Morgan fingerprint density at radius 2 is 2.00 bits per heavy atom. The molecule has 1 aromatic rings. The Morgan fingerprint density at radius 3 is 2.57 bits per heavy atom. The van der Waals surface area contributed by atoms with Gasteiger partial charge in [-0.2, -0.15) is 0 Å². The second kappa shape index (κ2) is 7.38. The SMILES string of the molecule is CN(Cc1ccc([N+](=O)[O-])c(NN)c1)C1CCCCCC1. The zero-order valence-corrected chi connectivity index (χ0v) is 12.5. The molecule has 0 aliphatic heterocycles.